The van der Waals surface area contributed by atoms with E-state index in [0.29, 0.717) is 17.8 Å². The summed E-state index contributed by atoms with van der Waals surface area (Å²) in [4.78, 5) is 12.5. The SMILES string of the molecule is CCn1cc(C(=O)Nc2cnn(Cc3cccc4ccccc34)c2)c(C)n1. The molecule has 0 unspecified atom stereocenters. The molecular weight excluding hydrogens is 338 g/mol. The molecule has 1 amide bonds. The Balaban J connectivity index is 1.51. The van der Waals surface area contributed by atoms with Crippen molar-refractivity contribution in [3.8, 4) is 0 Å². The van der Waals surface area contributed by atoms with E-state index in [4.69, 9.17) is 0 Å². The van der Waals surface area contributed by atoms with Crippen molar-refractivity contribution in [3.05, 3.63) is 77.9 Å². The minimum absolute atomic E-state index is 0.170. The zero-order valence-electron chi connectivity index (χ0n) is 15.4. The molecule has 0 spiro atoms. The quantitative estimate of drug-likeness (QED) is 0.588. The number of benzene rings is 2. The Morgan fingerprint density at radius 1 is 1.07 bits per heavy atom. The summed E-state index contributed by atoms with van der Waals surface area (Å²) in [5, 5.41) is 14.0. The van der Waals surface area contributed by atoms with E-state index in [0.717, 1.165) is 12.2 Å². The zero-order chi connectivity index (χ0) is 18.8. The number of aromatic nitrogens is 4. The van der Waals surface area contributed by atoms with Gasteiger partial charge < -0.3 is 5.32 Å². The molecule has 2 heterocycles. The van der Waals surface area contributed by atoms with E-state index < -0.39 is 0 Å². The number of nitrogens with one attached hydrogen (secondary N) is 1. The molecule has 0 saturated carbocycles. The molecule has 0 radical (unpaired) electrons. The number of amides is 1. The van der Waals surface area contributed by atoms with Gasteiger partial charge in [-0.05, 0) is 30.2 Å². The number of nitrogens with zero attached hydrogens (tertiary/aromatic N) is 4. The fourth-order valence-corrected chi connectivity index (χ4v) is 3.22. The smallest absolute Gasteiger partial charge is 0.259 e. The lowest BCUT2D eigenvalue weighted by Crippen LogP contribution is -2.12. The van der Waals surface area contributed by atoms with Crippen molar-refractivity contribution < 1.29 is 4.79 Å². The van der Waals surface area contributed by atoms with Gasteiger partial charge in [-0.1, -0.05) is 42.5 Å². The van der Waals surface area contributed by atoms with Crippen molar-refractivity contribution in [2.24, 2.45) is 0 Å². The summed E-state index contributed by atoms with van der Waals surface area (Å²) >= 11 is 0. The molecule has 136 valence electrons. The van der Waals surface area contributed by atoms with E-state index in [1.807, 2.05) is 36.9 Å². The first-order chi connectivity index (χ1) is 13.1. The Hall–Kier alpha value is -3.41. The predicted molar refractivity (Wildman–Crippen MR) is 106 cm³/mol. The third-order valence-electron chi connectivity index (χ3n) is 4.62. The van der Waals surface area contributed by atoms with Crippen LogP contribution in [0.15, 0.2) is 61.1 Å². The highest BCUT2D eigenvalue weighted by Crippen LogP contribution is 2.20. The van der Waals surface area contributed by atoms with E-state index >= 15 is 0 Å². The number of hydrogen-bond acceptors (Lipinski definition) is 3. The molecule has 6 heteroatoms. The summed E-state index contributed by atoms with van der Waals surface area (Å²) in [5.41, 5.74) is 3.16. The van der Waals surface area contributed by atoms with Crippen molar-refractivity contribution in [2.75, 3.05) is 5.32 Å². The van der Waals surface area contributed by atoms with Crippen LogP contribution in [-0.4, -0.2) is 25.5 Å². The molecule has 0 bridgehead atoms. The number of carbonyl (C=O) groups excluding carboxylic acids is 1. The molecule has 2 aromatic heterocycles. The van der Waals surface area contributed by atoms with Crippen LogP contribution in [0.5, 0.6) is 0 Å². The van der Waals surface area contributed by atoms with Gasteiger partial charge in [0.1, 0.15) is 0 Å². The van der Waals surface area contributed by atoms with Gasteiger partial charge in [-0.15, -0.1) is 0 Å². The van der Waals surface area contributed by atoms with Crippen LogP contribution >= 0.6 is 0 Å². The topological polar surface area (TPSA) is 64.7 Å². The summed E-state index contributed by atoms with van der Waals surface area (Å²) < 4.78 is 3.59. The summed E-state index contributed by atoms with van der Waals surface area (Å²) in [6, 6.07) is 14.6. The molecule has 1 N–H and O–H groups in total. The second-order valence-corrected chi connectivity index (χ2v) is 6.50. The monoisotopic (exact) mass is 359 g/mol. The molecular formula is C21H21N5O. The van der Waals surface area contributed by atoms with Crippen LogP contribution in [0.2, 0.25) is 0 Å². The number of anilines is 1. The summed E-state index contributed by atoms with van der Waals surface area (Å²) in [6.45, 7) is 5.21. The lowest BCUT2D eigenvalue weighted by molar-refractivity contribution is 0.102. The van der Waals surface area contributed by atoms with E-state index in [1.165, 1.54) is 16.3 Å². The normalized spacial score (nSPS) is 11.0. The first kappa shape index (κ1) is 17.0. The Labute approximate surface area is 157 Å². The fourth-order valence-electron chi connectivity index (χ4n) is 3.22. The molecule has 4 rings (SSSR count). The maximum absolute atomic E-state index is 12.5. The van der Waals surface area contributed by atoms with Crippen LogP contribution in [0.25, 0.3) is 10.8 Å². The first-order valence-corrected chi connectivity index (χ1v) is 8.98. The van der Waals surface area contributed by atoms with Gasteiger partial charge in [0.25, 0.3) is 5.91 Å². The molecule has 4 aromatic rings. The van der Waals surface area contributed by atoms with Crippen molar-refractivity contribution in [3.63, 3.8) is 0 Å². The van der Waals surface area contributed by atoms with Gasteiger partial charge in [0, 0.05) is 18.9 Å². The number of hydrogen-bond donors (Lipinski definition) is 1. The van der Waals surface area contributed by atoms with Gasteiger partial charge in [0.15, 0.2) is 0 Å². The Morgan fingerprint density at radius 2 is 1.89 bits per heavy atom. The molecule has 0 atom stereocenters. The minimum Gasteiger partial charge on any atom is -0.319 e. The van der Waals surface area contributed by atoms with Crippen molar-refractivity contribution in [1.29, 1.82) is 0 Å². The highest BCUT2D eigenvalue weighted by atomic mass is 16.1. The van der Waals surface area contributed by atoms with E-state index in [-0.39, 0.29) is 5.91 Å². The third kappa shape index (κ3) is 3.46. The lowest BCUT2D eigenvalue weighted by Gasteiger charge is -2.06. The molecule has 0 aliphatic carbocycles. The Kier molecular flexibility index (Phi) is 4.46. The summed E-state index contributed by atoms with van der Waals surface area (Å²) in [5.74, 6) is -0.170. The summed E-state index contributed by atoms with van der Waals surface area (Å²) in [7, 11) is 0. The van der Waals surface area contributed by atoms with Crippen LogP contribution in [0.3, 0.4) is 0 Å². The Morgan fingerprint density at radius 3 is 2.70 bits per heavy atom. The second-order valence-electron chi connectivity index (χ2n) is 6.50. The highest BCUT2D eigenvalue weighted by Gasteiger charge is 2.14. The van der Waals surface area contributed by atoms with Crippen LogP contribution in [0, 0.1) is 6.92 Å². The molecule has 0 saturated heterocycles. The van der Waals surface area contributed by atoms with Crippen LogP contribution in [0.1, 0.15) is 28.5 Å². The van der Waals surface area contributed by atoms with Gasteiger partial charge in [-0.2, -0.15) is 10.2 Å². The molecule has 27 heavy (non-hydrogen) atoms. The standard InChI is InChI=1S/C21H21N5O/c1-3-25-14-20(15(2)24-25)21(27)23-18-11-22-26(13-18)12-17-9-6-8-16-7-4-5-10-19(16)17/h4-11,13-14H,3,12H2,1-2H3,(H,23,27). The van der Waals surface area contributed by atoms with Crippen LogP contribution < -0.4 is 5.32 Å². The van der Waals surface area contributed by atoms with E-state index in [1.54, 1.807) is 17.1 Å². The van der Waals surface area contributed by atoms with Gasteiger partial charge in [0.2, 0.25) is 0 Å². The lowest BCUT2D eigenvalue weighted by atomic mass is 10.0. The molecule has 0 aliphatic rings. The van der Waals surface area contributed by atoms with E-state index in [2.05, 4.69) is 45.8 Å². The number of aryl methyl sites for hydroxylation is 2. The highest BCUT2D eigenvalue weighted by molar-refractivity contribution is 6.04. The number of fused-ring (bicyclic) bond motifs is 1. The maximum Gasteiger partial charge on any atom is 0.259 e. The molecule has 0 aliphatic heterocycles. The van der Waals surface area contributed by atoms with Crippen LogP contribution in [0.4, 0.5) is 5.69 Å². The van der Waals surface area contributed by atoms with Crippen molar-refractivity contribution in [2.45, 2.75) is 26.9 Å². The van der Waals surface area contributed by atoms with E-state index in [9.17, 15) is 4.79 Å². The minimum atomic E-state index is -0.170. The van der Waals surface area contributed by atoms with Gasteiger partial charge in [-0.3, -0.25) is 14.2 Å². The first-order valence-electron chi connectivity index (χ1n) is 8.98. The average Bonchev–Trinajstić information content (AvgIpc) is 3.28. The fraction of sp³-hybridized carbons (Fsp3) is 0.190. The second kappa shape index (κ2) is 7.07. The summed E-state index contributed by atoms with van der Waals surface area (Å²) in [6.07, 6.45) is 5.28. The third-order valence-corrected chi connectivity index (χ3v) is 4.62. The molecule has 6 nitrogen and oxygen atoms in total. The predicted octanol–water partition coefficient (Wildman–Crippen LogP) is 3.86. The van der Waals surface area contributed by atoms with Gasteiger partial charge in [0.05, 0.1) is 29.7 Å². The largest absolute Gasteiger partial charge is 0.319 e. The number of carbonyl (C=O) groups is 1. The number of rotatable bonds is 5. The molecule has 0 fully saturated rings. The average molecular weight is 359 g/mol. The Bertz CT molecular complexity index is 1100. The molecule has 2 aromatic carbocycles. The maximum atomic E-state index is 12.5. The van der Waals surface area contributed by atoms with Crippen molar-refractivity contribution in [1.82, 2.24) is 19.6 Å². The van der Waals surface area contributed by atoms with Gasteiger partial charge >= 0.3 is 0 Å². The van der Waals surface area contributed by atoms with Crippen LogP contribution in [-0.2, 0) is 13.1 Å². The van der Waals surface area contributed by atoms with Crippen molar-refractivity contribution >= 4 is 22.4 Å². The van der Waals surface area contributed by atoms with Gasteiger partial charge in [-0.25, -0.2) is 0 Å². The zero-order valence-corrected chi connectivity index (χ0v) is 15.4.